The molecule has 0 aromatic heterocycles. The van der Waals surface area contributed by atoms with Crippen LogP contribution >= 0.6 is 43.5 Å². The Balaban J connectivity index is 2.24. The Morgan fingerprint density at radius 1 is 1.17 bits per heavy atom. The van der Waals surface area contributed by atoms with E-state index in [1.807, 2.05) is 30.3 Å². The molecule has 0 nitrogen and oxygen atoms in total. The molecule has 0 aliphatic carbocycles. The molecule has 2 aromatic rings. The van der Waals surface area contributed by atoms with Gasteiger partial charge in [-0.2, -0.15) is 0 Å². The average Bonchev–Trinajstić information content (AvgIpc) is 2.35. The fraction of sp³-hybridized carbons (Fsp3) is 0.143. The van der Waals surface area contributed by atoms with E-state index in [1.54, 1.807) is 6.07 Å². The van der Waals surface area contributed by atoms with Gasteiger partial charge in [-0.25, -0.2) is 4.39 Å². The third-order valence-electron chi connectivity index (χ3n) is 2.63. The molecule has 0 saturated carbocycles. The van der Waals surface area contributed by atoms with E-state index in [9.17, 15) is 4.39 Å². The third-order valence-corrected chi connectivity index (χ3v) is 4.65. The summed E-state index contributed by atoms with van der Waals surface area (Å²) >= 11 is 12.7. The highest BCUT2D eigenvalue weighted by Crippen LogP contribution is 2.34. The number of alkyl halides is 1. The normalized spacial score (nSPS) is 12.4. The molecule has 0 saturated heterocycles. The van der Waals surface area contributed by atoms with Crippen LogP contribution in [0.15, 0.2) is 46.9 Å². The molecule has 0 aliphatic rings. The van der Waals surface area contributed by atoms with Crippen molar-refractivity contribution in [2.75, 3.05) is 0 Å². The first-order valence-electron chi connectivity index (χ1n) is 5.40. The number of benzene rings is 2. The molecule has 94 valence electrons. The Labute approximate surface area is 127 Å². The third kappa shape index (κ3) is 3.34. The zero-order valence-electron chi connectivity index (χ0n) is 9.34. The van der Waals surface area contributed by atoms with Crippen LogP contribution in [0.4, 0.5) is 4.39 Å². The van der Waals surface area contributed by atoms with Crippen LogP contribution in [0.5, 0.6) is 0 Å². The SMILES string of the molecule is Fc1cc(Br)c(Cl)cc1C(Br)Cc1ccccc1. The van der Waals surface area contributed by atoms with Crippen molar-refractivity contribution in [1.29, 1.82) is 0 Å². The second-order valence-corrected chi connectivity index (χ2v) is 6.31. The smallest absolute Gasteiger partial charge is 0.128 e. The number of hydrogen-bond acceptors (Lipinski definition) is 0. The Bertz CT molecular complexity index is 543. The van der Waals surface area contributed by atoms with Crippen LogP contribution in [0.3, 0.4) is 0 Å². The molecular formula is C14H10Br2ClF. The molecule has 0 fully saturated rings. The van der Waals surface area contributed by atoms with Crippen LogP contribution in [0.1, 0.15) is 16.0 Å². The highest BCUT2D eigenvalue weighted by molar-refractivity contribution is 9.10. The Morgan fingerprint density at radius 2 is 1.83 bits per heavy atom. The zero-order valence-corrected chi connectivity index (χ0v) is 13.3. The van der Waals surface area contributed by atoms with Gasteiger partial charge in [0.25, 0.3) is 0 Å². The lowest BCUT2D eigenvalue weighted by Gasteiger charge is -2.12. The molecule has 18 heavy (non-hydrogen) atoms. The molecule has 1 atom stereocenters. The quantitative estimate of drug-likeness (QED) is 0.449. The van der Waals surface area contributed by atoms with Crippen molar-refractivity contribution in [2.45, 2.75) is 11.2 Å². The summed E-state index contributed by atoms with van der Waals surface area (Å²) in [5, 5.41) is 0.518. The summed E-state index contributed by atoms with van der Waals surface area (Å²) in [5.41, 5.74) is 1.73. The molecule has 0 bridgehead atoms. The Kier molecular flexibility index (Phi) is 4.82. The predicted molar refractivity (Wildman–Crippen MR) is 80.9 cm³/mol. The van der Waals surface area contributed by atoms with E-state index in [4.69, 9.17) is 11.6 Å². The summed E-state index contributed by atoms with van der Waals surface area (Å²) in [5.74, 6) is -0.260. The lowest BCUT2D eigenvalue weighted by atomic mass is 10.0. The van der Waals surface area contributed by atoms with E-state index >= 15 is 0 Å². The van der Waals surface area contributed by atoms with Gasteiger partial charge in [-0.1, -0.05) is 57.9 Å². The van der Waals surface area contributed by atoms with E-state index in [0.29, 0.717) is 15.1 Å². The van der Waals surface area contributed by atoms with Gasteiger partial charge < -0.3 is 0 Å². The molecular weight excluding hydrogens is 382 g/mol. The van der Waals surface area contributed by atoms with Gasteiger partial charge in [0.15, 0.2) is 0 Å². The first kappa shape index (κ1) is 14.0. The van der Waals surface area contributed by atoms with E-state index in [-0.39, 0.29) is 10.6 Å². The molecule has 2 rings (SSSR count). The maximum Gasteiger partial charge on any atom is 0.128 e. The maximum atomic E-state index is 13.9. The van der Waals surface area contributed by atoms with Crippen molar-refractivity contribution in [3.05, 3.63) is 68.9 Å². The van der Waals surface area contributed by atoms with Gasteiger partial charge in [-0.3, -0.25) is 0 Å². The molecule has 0 aliphatic heterocycles. The van der Waals surface area contributed by atoms with Crippen LogP contribution in [0, 0.1) is 5.82 Å². The predicted octanol–water partition coefficient (Wildman–Crippen LogP) is 5.92. The van der Waals surface area contributed by atoms with Crippen molar-refractivity contribution in [3.63, 3.8) is 0 Å². The standard InChI is InChI=1S/C14H10Br2ClF/c15-11(6-9-4-2-1-3-5-9)10-7-13(17)12(16)8-14(10)18/h1-5,7-8,11H,6H2. The number of rotatable bonds is 3. The molecule has 4 heteroatoms. The first-order valence-corrected chi connectivity index (χ1v) is 7.49. The summed E-state index contributed by atoms with van der Waals surface area (Å²) in [6.45, 7) is 0. The molecule has 0 spiro atoms. The minimum absolute atomic E-state index is 0.0921. The van der Waals surface area contributed by atoms with E-state index in [2.05, 4.69) is 31.9 Å². The summed E-state index contributed by atoms with van der Waals surface area (Å²) in [4.78, 5) is -0.0921. The monoisotopic (exact) mass is 390 g/mol. The number of halogens is 4. The topological polar surface area (TPSA) is 0 Å². The van der Waals surface area contributed by atoms with Crippen LogP contribution in [-0.4, -0.2) is 0 Å². The summed E-state index contributed by atoms with van der Waals surface area (Å²) in [6, 6.07) is 13.0. The van der Waals surface area contributed by atoms with Crippen molar-refractivity contribution >= 4 is 43.5 Å². The highest BCUT2D eigenvalue weighted by atomic mass is 79.9. The molecule has 0 radical (unpaired) electrons. The van der Waals surface area contributed by atoms with E-state index in [1.165, 1.54) is 6.07 Å². The van der Waals surface area contributed by atoms with Gasteiger partial charge in [0.2, 0.25) is 0 Å². The van der Waals surface area contributed by atoms with Gasteiger partial charge in [-0.05, 0) is 40.0 Å². The van der Waals surface area contributed by atoms with Crippen molar-refractivity contribution in [2.24, 2.45) is 0 Å². The van der Waals surface area contributed by atoms with E-state index in [0.717, 1.165) is 12.0 Å². The van der Waals surface area contributed by atoms with Crippen LogP contribution in [-0.2, 0) is 6.42 Å². The molecule has 0 heterocycles. The second kappa shape index (κ2) is 6.18. The highest BCUT2D eigenvalue weighted by Gasteiger charge is 2.15. The molecule has 0 amide bonds. The van der Waals surface area contributed by atoms with E-state index < -0.39 is 0 Å². The Hall–Kier alpha value is -0.380. The van der Waals surface area contributed by atoms with Gasteiger partial charge >= 0.3 is 0 Å². The van der Waals surface area contributed by atoms with Crippen molar-refractivity contribution in [1.82, 2.24) is 0 Å². The van der Waals surface area contributed by atoms with Gasteiger partial charge in [-0.15, -0.1) is 0 Å². The fourth-order valence-corrected chi connectivity index (χ4v) is 2.92. The summed E-state index contributed by atoms with van der Waals surface area (Å²) < 4.78 is 14.4. The zero-order chi connectivity index (χ0) is 13.1. The molecule has 2 aromatic carbocycles. The fourth-order valence-electron chi connectivity index (χ4n) is 1.71. The lowest BCUT2D eigenvalue weighted by Crippen LogP contribution is -1.99. The Morgan fingerprint density at radius 3 is 2.50 bits per heavy atom. The summed E-state index contributed by atoms with van der Waals surface area (Å²) in [7, 11) is 0. The van der Waals surface area contributed by atoms with Gasteiger partial charge in [0.05, 0.1) is 5.02 Å². The number of hydrogen-bond donors (Lipinski definition) is 0. The average molecular weight is 392 g/mol. The van der Waals surface area contributed by atoms with Crippen molar-refractivity contribution in [3.8, 4) is 0 Å². The second-order valence-electron chi connectivity index (χ2n) is 3.95. The van der Waals surface area contributed by atoms with Crippen molar-refractivity contribution < 1.29 is 4.39 Å². The van der Waals surface area contributed by atoms with Crippen LogP contribution in [0.25, 0.3) is 0 Å². The largest absolute Gasteiger partial charge is 0.207 e. The maximum absolute atomic E-state index is 13.9. The molecule has 1 unspecified atom stereocenters. The molecule has 0 N–H and O–H groups in total. The van der Waals surface area contributed by atoms with Gasteiger partial charge in [0, 0.05) is 14.9 Å². The lowest BCUT2D eigenvalue weighted by molar-refractivity contribution is 0.607. The minimum Gasteiger partial charge on any atom is -0.207 e. The van der Waals surface area contributed by atoms with Gasteiger partial charge in [0.1, 0.15) is 5.82 Å². The van der Waals surface area contributed by atoms with Crippen LogP contribution in [0.2, 0.25) is 5.02 Å². The first-order chi connectivity index (χ1) is 8.58. The summed E-state index contributed by atoms with van der Waals surface area (Å²) in [6.07, 6.45) is 0.718. The minimum atomic E-state index is -0.260. The van der Waals surface area contributed by atoms with Crippen LogP contribution < -0.4 is 0 Å².